The third-order valence-corrected chi connectivity index (χ3v) is 2.57. The minimum absolute atomic E-state index is 0.154. The second-order valence-electron chi connectivity index (χ2n) is 3.67. The first-order valence-electron chi connectivity index (χ1n) is 4.25. The molecule has 0 aromatic heterocycles. The zero-order valence-corrected chi connectivity index (χ0v) is 8.45. The van der Waals surface area contributed by atoms with Gasteiger partial charge in [-0.3, -0.25) is 0 Å². The normalized spacial score (nSPS) is 31.1. The number of hydrogen-bond donors (Lipinski definition) is 1. The lowest BCUT2D eigenvalue weighted by molar-refractivity contribution is 0.173. The molecule has 3 heteroatoms. The van der Waals surface area contributed by atoms with Gasteiger partial charge in [0.05, 0.1) is 6.61 Å². The van der Waals surface area contributed by atoms with Crippen molar-refractivity contribution >= 4 is 11.6 Å². The van der Waals surface area contributed by atoms with Crippen LogP contribution in [0.5, 0.6) is 0 Å². The Bertz CT molecular complexity index is 173. The molecule has 1 saturated heterocycles. The van der Waals surface area contributed by atoms with Crippen molar-refractivity contribution in [2.45, 2.75) is 25.8 Å². The van der Waals surface area contributed by atoms with Crippen LogP contribution in [-0.4, -0.2) is 25.3 Å². The van der Waals surface area contributed by atoms with Crippen LogP contribution in [0.3, 0.4) is 0 Å². The average molecular weight is 190 g/mol. The molecule has 0 bridgehead atoms. The molecule has 1 N–H and O–H groups in total. The van der Waals surface area contributed by atoms with Crippen molar-refractivity contribution in [2.24, 2.45) is 0 Å². The van der Waals surface area contributed by atoms with E-state index in [1.165, 1.54) is 0 Å². The highest BCUT2D eigenvalue weighted by Gasteiger charge is 2.28. The summed E-state index contributed by atoms with van der Waals surface area (Å²) in [7, 11) is 0. The highest BCUT2D eigenvalue weighted by molar-refractivity contribution is 6.25. The van der Waals surface area contributed by atoms with E-state index in [2.05, 4.69) is 12.2 Å². The minimum atomic E-state index is 0.154. The first kappa shape index (κ1) is 10.0. The van der Waals surface area contributed by atoms with Gasteiger partial charge in [0, 0.05) is 24.2 Å². The smallest absolute Gasteiger partial charge is 0.0646 e. The van der Waals surface area contributed by atoms with E-state index in [-0.39, 0.29) is 5.54 Å². The summed E-state index contributed by atoms with van der Waals surface area (Å²) in [6.45, 7) is 6.72. The van der Waals surface area contributed by atoms with Crippen LogP contribution in [0.4, 0.5) is 0 Å². The largest absolute Gasteiger partial charge is 0.379 e. The maximum Gasteiger partial charge on any atom is 0.0646 e. The van der Waals surface area contributed by atoms with Crippen LogP contribution in [0, 0.1) is 0 Å². The van der Waals surface area contributed by atoms with Crippen molar-refractivity contribution in [1.82, 2.24) is 5.32 Å². The molecule has 12 heavy (non-hydrogen) atoms. The van der Waals surface area contributed by atoms with Gasteiger partial charge in [0.2, 0.25) is 0 Å². The molecule has 0 aromatic rings. The number of halogens is 1. The molecule has 1 heterocycles. The summed E-state index contributed by atoms with van der Waals surface area (Å²) in [4.78, 5) is 0. The lowest BCUT2D eigenvalue weighted by atomic mass is 10.0. The van der Waals surface area contributed by atoms with Gasteiger partial charge >= 0.3 is 0 Å². The summed E-state index contributed by atoms with van der Waals surface area (Å²) in [5.74, 6) is 0. The number of hydrogen-bond acceptors (Lipinski definition) is 2. The fraction of sp³-hybridized carbons (Fsp3) is 0.778. The van der Waals surface area contributed by atoms with Gasteiger partial charge in [0.25, 0.3) is 0 Å². The quantitative estimate of drug-likeness (QED) is 0.733. The lowest BCUT2D eigenvalue weighted by Gasteiger charge is -2.23. The summed E-state index contributed by atoms with van der Waals surface area (Å²) in [5.41, 5.74) is 2.93. The van der Waals surface area contributed by atoms with Crippen LogP contribution < -0.4 is 5.32 Å². The second kappa shape index (κ2) is 4.26. The van der Waals surface area contributed by atoms with E-state index in [0.717, 1.165) is 31.8 Å². The zero-order valence-electron chi connectivity index (χ0n) is 7.69. The van der Waals surface area contributed by atoms with Gasteiger partial charge in [-0.05, 0) is 25.8 Å². The molecule has 0 saturated carbocycles. The maximum atomic E-state index is 5.55. The van der Waals surface area contributed by atoms with E-state index in [9.17, 15) is 0 Å². The Hall–Kier alpha value is -0.0500. The Balaban J connectivity index is 2.30. The van der Waals surface area contributed by atoms with Gasteiger partial charge in [-0.1, -0.05) is 11.6 Å². The van der Waals surface area contributed by atoms with Crippen LogP contribution in [0.25, 0.3) is 0 Å². The fourth-order valence-corrected chi connectivity index (χ4v) is 1.27. The van der Waals surface area contributed by atoms with Gasteiger partial charge in [-0.2, -0.15) is 0 Å². The van der Waals surface area contributed by atoms with Crippen LogP contribution in [0.15, 0.2) is 11.1 Å². The Morgan fingerprint density at radius 1 is 1.75 bits per heavy atom. The number of rotatable bonds is 3. The van der Waals surface area contributed by atoms with Crippen molar-refractivity contribution in [3.8, 4) is 0 Å². The molecule has 0 spiro atoms. The minimum Gasteiger partial charge on any atom is -0.379 e. The van der Waals surface area contributed by atoms with Crippen molar-refractivity contribution in [3.63, 3.8) is 0 Å². The van der Waals surface area contributed by atoms with Crippen LogP contribution >= 0.6 is 11.6 Å². The third kappa shape index (κ3) is 2.77. The summed E-state index contributed by atoms with van der Waals surface area (Å²) < 4.78 is 5.31. The molecule has 0 aromatic carbocycles. The molecule has 1 unspecified atom stereocenters. The van der Waals surface area contributed by atoms with Crippen molar-refractivity contribution in [1.29, 1.82) is 0 Å². The standard InChI is InChI=1S/C9H16ClNO/c1-8(5-10)6-11-9(2)3-4-12-7-9/h5,11H,3-4,6-7H2,1-2H3. The second-order valence-corrected chi connectivity index (χ2v) is 3.89. The van der Waals surface area contributed by atoms with Crippen molar-refractivity contribution in [3.05, 3.63) is 11.1 Å². The van der Waals surface area contributed by atoms with E-state index in [1.54, 1.807) is 5.54 Å². The van der Waals surface area contributed by atoms with Crippen LogP contribution in [0.1, 0.15) is 20.3 Å². The first-order valence-corrected chi connectivity index (χ1v) is 4.68. The average Bonchev–Trinajstić information content (AvgIpc) is 2.49. The molecule has 1 aliphatic heterocycles. The summed E-state index contributed by atoms with van der Waals surface area (Å²) in [6, 6.07) is 0. The highest BCUT2D eigenvalue weighted by Crippen LogP contribution is 2.17. The molecular weight excluding hydrogens is 174 g/mol. The molecule has 0 aliphatic carbocycles. The summed E-state index contributed by atoms with van der Waals surface area (Å²) >= 11 is 5.55. The third-order valence-electron chi connectivity index (χ3n) is 2.20. The van der Waals surface area contributed by atoms with Crippen LogP contribution in [0.2, 0.25) is 0 Å². The maximum absolute atomic E-state index is 5.55. The number of nitrogens with one attached hydrogen (secondary N) is 1. The van der Waals surface area contributed by atoms with Crippen molar-refractivity contribution in [2.75, 3.05) is 19.8 Å². The van der Waals surface area contributed by atoms with E-state index < -0.39 is 0 Å². The van der Waals surface area contributed by atoms with Crippen molar-refractivity contribution < 1.29 is 4.74 Å². The molecule has 1 fully saturated rings. The van der Waals surface area contributed by atoms with E-state index in [4.69, 9.17) is 16.3 Å². The fourth-order valence-electron chi connectivity index (χ4n) is 1.20. The molecule has 0 amide bonds. The molecule has 2 nitrogen and oxygen atoms in total. The molecule has 1 atom stereocenters. The topological polar surface area (TPSA) is 21.3 Å². The SMILES string of the molecule is CC(=CCl)CNC1(C)CCOC1. The Kier molecular flexibility index (Phi) is 3.56. The summed E-state index contributed by atoms with van der Waals surface area (Å²) in [5, 5.41) is 3.43. The Labute approximate surface area is 78.9 Å². The zero-order chi connectivity index (χ0) is 9.03. The van der Waals surface area contributed by atoms with E-state index in [1.807, 2.05) is 6.92 Å². The van der Waals surface area contributed by atoms with Gasteiger partial charge in [0.15, 0.2) is 0 Å². The number of ether oxygens (including phenoxy) is 1. The summed E-state index contributed by atoms with van der Waals surface area (Å²) in [6.07, 6.45) is 1.09. The van der Waals surface area contributed by atoms with Crippen LogP contribution in [-0.2, 0) is 4.74 Å². The Morgan fingerprint density at radius 3 is 3.00 bits per heavy atom. The van der Waals surface area contributed by atoms with Gasteiger partial charge in [0.1, 0.15) is 0 Å². The first-order chi connectivity index (χ1) is 5.66. The molecule has 70 valence electrons. The Morgan fingerprint density at radius 2 is 2.50 bits per heavy atom. The molecular formula is C9H16ClNO. The van der Waals surface area contributed by atoms with Gasteiger partial charge in [-0.15, -0.1) is 0 Å². The van der Waals surface area contributed by atoms with E-state index in [0.29, 0.717) is 0 Å². The molecule has 0 radical (unpaired) electrons. The monoisotopic (exact) mass is 189 g/mol. The highest BCUT2D eigenvalue weighted by atomic mass is 35.5. The molecule has 1 rings (SSSR count). The van der Waals surface area contributed by atoms with E-state index >= 15 is 0 Å². The predicted molar refractivity (Wildman–Crippen MR) is 51.5 cm³/mol. The van der Waals surface area contributed by atoms with Gasteiger partial charge < -0.3 is 10.1 Å². The molecule has 1 aliphatic rings. The van der Waals surface area contributed by atoms with Gasteiger partial charge in [-0.25, -0.2) is 0 Å². The predicted octanol–water partition coefficient (Wildman–Crippen LogP) is 1.90. The lowest BCUT2D eigenvalue weighted by Crippen LogP contribution is -2.43.